The van der Waals surface area contributed by atoms with E-state index in [1.165, 1.54) is 0 Å². The highest BCUT2D eigenvalue weighted by Crippen LogP contribution is 2.38. The summed E-state index contributed by atoms with van der Waals surface area (Å²) in [5.41, 5.74) is 3.30. The molecule has 3 amide bonds. The first-order valence-electron chi connectivity index (χ1n) is 10.7. The van der Waals surface area contributed by atoms with Crippen LogP contribution in [0.5, 0.6) is 5.75 Å². The average Bonchev–Trinajstić information content (AvgIpc) is 3.10. The molecule has 1 saturated heterocycles. The molecule has 2 atom stereocenters. The van der Waals surface area contributed by atoms with Crippen LogP contribution in [-0.4, -0.2) is 41.8 Å². The van der Waals surface area contributed by atoms with Crippen molar-refractivity contribution in [2.24, 2.45) is 0 Å². The lowest BCUT2D eigenvalue weighted by molar-refractivity contribution is -0.128. The number of carbonyl (C=O) groups is 3. The van der Waals surface area contributed by atoms with Crippen molar-refractivity contribution in [3.8, 4) is 5.75 Å². The lowest BCUT2D eigenvalue weighted by atomic mass is 9.89. The summed E-state index contributed by atoms with van der Waals surface area (Å²) in [5.74, 6) is -0.480. The van der Waals surface area contributed by atoms with Crippen molar-refractivity contribution < 1.29 is 19.1 Å². The minimum atomic E-state index is -0.904. The van der Waals surface area contributed by atoms with E-state index in [2.05, 4.69) is 0 Å². The molecule has 0 saturated carbocycles. The standard InChI is InChI=1S/C27H22N2O4/c1-17(18-8-4-3-5-9-18)16-23-24(27(32)28(23)19-12-14-20(33-2)15-13-19)29-25(30)21-10-6-7-11-22(21)26(29)31/h3-16,23-24H,1-2H3. The lowest BCUT2D eigenvalue weighted by Gasteiger charge is -2.48. The van der Waals surface area contributed by atoms with Gasteiger partial charge in [-0.15, -0.1) is 0 Å². The van der Waals surface area contributed by atoms with Crippen LogP contribution in [0, 0.1) is 0 Å². The molecule has 6 heteroatoms. The number of imide groups is 1. The second kappa shape index (κ2) is 8.06. The predicted octanol–water partition coefficient (Wildman–Crippen LogP) is 4.18. The molecule has 0 spiro atoms. The van der Waals surface area contributed by atoms with Gasteiger partial charge in [0.25, 0.3) is 17.7 Å². The predicted molar refractivity (Wildman–Crippen MR) is 125 cm³/mol. The summed E-state index contributed by atoms with van der Waals surface area (Å²) in [4.78, 5) is 42.4. The van der Waals surface area contributed by atoms with Gasteiger partial charge >= 0.3 is 0 Å². The molecule has 2 aliphatic heterocycles. The highest BCUT2D eigenvalue weighted by Gasteiger charge is 2.56. The summed E-state index contributed by atoms with van der Waals surface area (Å²) in [6.45, 7) is 1.96. The Morgan fingerprint density at radius 1 is 0.788 bits per heavy atom. The molecule has 0 N–H and O–H groups in total. The van der Waals surface area contributed by atoms with Crippen LogP contribution in [0.3, 0.4) is 0 Å². The molecule has 2 aliphatic rings. The van der Waals surface area contributed by atoms with Gasteiger partial charge in [-0.1, -0.05) is 48.5 Å². The Balaban J connectivity index is 1.55. The van der Waals surface area contributed by atoms with Gasteiger partial charge in [0.15, 0.2) is 0 Å². The zero-order chi connectivity index (χ0) is 23.1. The zero-order valence-corrected chi connectivity index (χ0v) is 18.3. The summed E-state index contributed by atoms with van der Waals surface area (Å²) in [5, 5.41) is 0. The number of benzene rings is 3. The summed E-state index contributed by atoms with van der Waals surface area (Å²) in [6.07, 6.45) is 1.95. The van der Waals surface area contributed by atoms with Gasteiger partial charge in [0.1, 0.15) is 11.8 Å². The number of fused-ring (bicyclic) bond motifs is 1. The highest BCUT2D eigenvalue weighted by molar-refractivity contribution is 6.25. The monoisotopic (exact) mass is 438 g/mol. The molecule has 6 nitrogen and oxygen atoms in total. The molecular formula is C27H22N2O4. The number of ether oxygens (including phenoxy) is 1. The van der Waals surface area contributed by atoms with E-state index in [-0.39, 0.29) is 5.91 Å². The number of hydrogen-bond acceptors (Lipinski definition) is 4. The van der Waals surface area contributed by atoms with Crippen LogP contribution < -0.4 is 9.64 Å². The van der Waals surface area contributed by atoms with Crippen molar-refractivity contribution >= 4 is 29.0 Å². The summed E-state index contributed by atoms with van der Waals surface area (Å²) >= 11 is 0. The van der Waals surface area contributed by atoms with E-state index < -0.39 is 23.9 Å². The molecule has 0 aromatic heterocycles. The summed E-state index contributed by atoms with van der Waals surface area (Å²) in [7, 11) is 1.58. The number of rotatable bonds is 5. The van der Waals surface area contributed by atoms with Crippen LogP contribution >= 0.6 is 0 Å². The third-order valence-electron chi connectivity index (χ3n) is 6.22. The number of allylic oxidation sites excluding steroid dienone is 1. The minimum Gasteiger partial charge on any atom is -0.497 e. The average molecular weight is 438 g/mol. The number of anilines is 1. The van der Waals surface area contributed by atoms with Gasteiger partial charge in [-0.3, -0.25) is 19.3 Å². The smallest absolute Gasteiger partial charge is 0.262 e. The van der Waals surface area contributed by atoms with E-state index in [4.69, 9.17) is 4.74 Å². The molecular weight excluding hydrogens is 416 g/mol. The van der Waals surface area contributed by atoms with E-state index in [1.54, 1.807) is 60.5 Å². The fraction of sp³-hybridized carbons (Fsp3) is 0.148. The maximum absolute atomic E-state index is 13.4. The summed E-state index contributed by atoms with van der Waals surface area (Å²) in [6, 6.07) is 22.3. The van der Waals surface area contributed by atoms with Crippen molar-refractivity contribution in [3.05, 3.63) is 102 Å². The van der Waals surface area contributed by atoms with E-state index in [0.717, 1.165) is 16.0 Å². The Bertz CT molecular complexity index is 1250. The van der Waals surface area contributed by atoms with Crippen LogP contribution in [0.25, 0.3) is 5.57 Å². The van der Waals surface area contributed by atoms with Crippen molar-refractivity contribution in [2.75, 3.05) is 12.0 Å². The molecule has 2 unspecified atom stereocenters. The van der Waals surface area contributed by atoms with Gasteiger partial charge in [0.05, 0.1) is 24.3 Å². The van der Waals surface area contributed by atoms with Gasteiger partial charge in [-0.2, -0.15) is 0 Å². The first-order chi connectivity index (χ1) is 16.0. The van der Waals surface area contributed by atoms with Crippen molar-refractivity contribution in [1.29, 1.82) is 0 Å². The number of carbonyl (C=O) groups excluding carboxylic acids is 3. The normalized spacial score (nSPS) is 20.1. The number of β-lactam (4-membered cyclic amide) rings is 1. The minimum absolute atomic E-state index is 0.295. The van der Waals surface area contributed by atoms with Crippen molar-refractivity contribution in [3.63, 3.8) is 0 Å². The van der Waals surface area contributed by atoms with Crippen LogP contribution in [0.15, 0.2) is 84.9 Å². The fourth-order valence-corrected chi connectivity index (χ4v) is 4.48. The van der Waals surface area contributed by atoms with Crippen LogP contribution in [0.4, 0.5) is 5.69 Å². The Hall–Kier alpha value is -4.19. The third-order valence-corrected chi connectivity index (χ3v) is 6.22. The third kappa shape index (κ3) is 3.31. The largest absolute Gasteiger partial charge is 0.497 e. The second-order valence-electron chi connectivity index (χ2n) is 8.08. The van der Waals surface area contributed by atoms with E-state index in [9.17, 15) is 14.4 Å². The molecule has 0 radical (unpaired) electrons. The maximum atomic E-state index is 13.4. The molecule has 5 rings (SSSR count). The fourth-order valence-electron chi connectivity index (χ4n) is 4.48. The van der Waals surface area contributed by atoms with Gasteiger partial charge in [-0.25, -0.2) is 0 Å². The topological polar surface area (TPSA) is 66.9 Å². The van der Waals surface area contributed by atoms with Crippen molar-refractivity contribution in [2.45, 2.75) is 19.0 Å². The Kier molecular flexibility index (Phi) is 5.05. The lowest BCUT2D eigenvalue weighted by Crippen LogP contribution is -2.71. The molecule has 3 aromatic rings. The number of methoxy groups -OCH3 is 1. The Morgan fingerprint density at radius 3 is 1.94 bits per heavy atom. The maximum Gasteiger partial charge on any atom is 0.262 e. The quantitative estimate of drug-likeness (QED) is 0.443. The molecule has 2 heterocycles. The SMILES string of the molecule is COc1ccc(N2C(=O)C(N3C(=O)c4ccccc4C3=O)C2C=C(C)c2ccccc2)cc1. The Morgan fingerprint density at radius 2 is 1.36 bits per heavy atom. The number of nitrogens with zero attached hydrogens (tertiary/aromatic N) is 2. The van der Waals surface area contributed by atoms with Gasteiger partial charge in [0.2, 0.25) is 0 Å². The first-order valence-corrected chi connectivity index (χ1v) is 10.7. The van der Waals surface area contributed by atoms with Gasteiger partial charge < -0.3 is 9.64 Å². The second-order valence-corrected chi connectivity index (χ2v) is 8.08. The molecule has 0 aliphatic carbocycles. The van der Waals surface area contributed by atoms with E-state index >= 15 is 0 Å². The van der Waals surface area contributed by atoms with Gasteiger partial charge in [0, 0.05) is 5.69 Å². The van der Waals surface area contributed by atoms with E-state index in [0.29, 0.717) is 22.6 Å². The van der Waals surface area contributed by atoms with Crippen LogP contribution in [-0.2, 0) is 4.79 Å². The highest BCUT2D eigenvalue weighted by atomic mass is 16.5. The zero-order valence-electron chi connectivity index (χ0n) is 18.3. The molecule has 164 valence electrons. The molecule has 33 heavy (non-hydrogen) atoms. The summed E-state index contributed by atoms with van der Waals surface area (Å²) < 4.78 is 5.23. The molecule has 1 fully saturated rings. The van der Waals surface area contributed by atoms with Gasteiger partial charge in [-0.05, 0) is 54.5 Å². The Labute approximate surface area is 191 Å². The molecule has 0 bridgehead atoms. The van der Waals surface area contributed by atoms with E-state index in [1.807, 2.05) is 43.3 Å². The number of hydrogen-bond donors (Lipinski definition) is 0. The van der Waals surface area contributed by atoms with Crippen LogP contribution in [0.2, 0.25) is 0 Å². The molecule has 3 aromatic carbocycles. The number of amides is 3. The van der Waals surface area contributed by atoms with Crippen LogP contribution in [0.1, 0.15) is 33.2 Å². The first kappa shape index (κ1) is 20.7. The van der Waals surface area contributed by atoms with Crippen molar-refractivity contribution in [1.82, 2.24) is 4.90 Å².